The van der Waals surface area contributed by atoms with Crippen LogP contribution in [0.15, 0.2) is 0 Å². The quantitative estimate of drug-likeness (QED) is 0.507. The average molecular weight is 290 g/mol. The van der Waals surface area contributed by atoms with Crippen LogP contribution in [-0.2, 0) is 18.9 Å². The van der Waals surface area contributed by atoms with Gasteiger partial charge in [-0.1, -0.05) is 41.5 Å². The van der Waals surface area contributed by atoms with Gasteiger partial charge in [-0.25, -0.2) is 4.79 Å². The zero-order valence-electron chi connectivity index (χ0n) is 13.8. The summed E-state index contributed by atoms with van der Waals surface area (Å²) >= 11 is 0. The zero-order chi connectivity index (χ0) is 15.6. The number of hydrogen-bond donors (Lipinski definition) is 0. The van der Waals surface area contributed by atoms with Crippen LogP contribution in [0.2, 0.25) is 0 Å². The molecule has 0 aliphatic carbocycles. The first-order chi connectivity index (χ1) is 9.10. The Kier molecular flexibility index (Phi) is 8.81. The van der Waals surface area contributed by atoms with Gasteiger partial charge in [-0.2, -0.15) is 0 Å². The maximum absolute atomic E-state index is 11.2. The highest BCUT2D eigenvalue weighted by atomic mass is 16.7. The monoisotopic (exact) mass is 290 g/mol. The second kappa shape index (κ2) is 9.19. The molecule has 0 aliphatic heterocycles. The molecule has 0 spiro atoms. The van der Waals surface area contributed by atoms with Gasteiger partial charge in [0.1, 0.15) is 13.2 Å². The molecule has 0 aromatic carbocycles. The molecule has 0 amide bonds. The molecule has 0 saturated heterocycles. The summed E-state index contributed by atoms with van der Waals surface area (Å²) in [5.41, 5.74) is 0.232. The smallest absolute Gasteiger partial charge is 0.432 e. The van der Waals surface area contributed by atoms with Crippen molar-refractivity contribution in [3.05, 3.63) is 0 Å². The van der Waals surface area contributed by atoms with Gasteiger partial charge in [-0.3, -0.25) is 0 Å². The molecule has 0 atom stereocenters. The predicted octanol–water partition coefficient (Wildman–Crippen LogP) is 3.27. The summed E-state index contributed by atoms with van der Waals surface area (Å²) in [5, 5.41) is 0. The van der Waals surface area contributed by atoms with Gasteiger partial charge in [0, 0.05) is 0 Å². The molecule has 0 aromatic heterocycles. The second-order valence-corrected chi connectivity index (χ2v) is 7.17. The molecule has 0 radical (unpaired) electrons. The highest BCUT2D eigenvalue weighted by Gasteiger charge is 2.11. The molecule has 0 heterocycles. The standard InChI is InChI=1S/C15H30O5/c1-14(2,3)11-17-7-9-19-13(16)20-10-8-18-12-15(4,5)6/h7-12H2,1-6H3. The lowest BCUT2D eigenvalue weighted by Crippen LogP contribution is -2.20. The second-order valence-electron chi connectivity index (χ2n) is 7.17. The maximum Gasteiger partial charge on any atom is 0.508 e. The largest absolute Gasteiger partial charge is 0.508 e. The Labute approximate surface area is 122 Å². The van der Waals surface area contributed by atoms with Crippen LogP contribution in [0.1, 0.15) is 41.5 Å². The molecule has 0 fully saturated rings. The van der Waals surface area contributed by atoms with Gasteiger partial charge in [0.15, 0.2) is 0 Å². The molecule has 120 valence electrons. The number of carbonyl (C=O) groups is 1. The van der Waals surface area contributed by atoms with Crippen LogP contribution in [0.3, 0.4) is 0 Å². The van der Waals surface area contributed by atoms with Crippen molar-refractivity contribution in [2.45, 2.75) is 41.5 Å². The van der Waals surface area contributed by atoms with Gasteiger partial charge in [-0.15, -0.1) is 0 Å². The fourth-order valence-corrected chi connectivity index (χ4v) is 1.17. The topological polar surface area (TPSA) is 54.0 Å². The minimum Gasteiger partial charge on any atom is -0.432 e. The molecular weight excluding hydrogens is 260 g/mol. The molecule has 0 bridgehead atoms. The molecular formula is C15H30O5. The molecule has 20 heavy (non-hydrogen) atoms. The Balaban J connectivity index is 3.38. The van der Waals surface area contributed by atoms with Gasteiger partial charge < -0.3 is 18.9 Å². The molecule has 0 rings (SSSR count). The van der Waals surface area contributed by atoms with Crippen LogP contribution in [0.4, 0.5) is 4.79 Å². The molecule has 0 N–H and O–H groups in total. The number of hydrogen-bond acceptors (Lipinski definition) is 5. The molecule has 0 aliphatic rings. The van der Waals surface area contributed by atoms with E-state index in [1.165, 1.54) is 0 Å². The van der Waals surface area contributed by atoms with E-state index in [9.17, 15) is 4.79 Å². The van der Waals surface area contributed by atoms with Crippen molar-refractivity contribution < 1.29 is 23.7 Å². The first-order valence-electron chi connectivity index (χ1n) is 7.05. The van der Waals surface area contributed by atoms with Crippen LogP contribution in [0, 0.1) is 10.8 Å². The Morgan fingerprint density at radius 3 is 1.35 bits per heavy atom. The Morgan fingerprint density at radius 2 is 1.05 bits per heavy atom. The third kappa shape index (κ3) is 15.2. The Hall–Kier alpha value is -0.810. The summed E-state index contributed by atoms with van der Waals surface area (Å²) in [6, 6.07) is 0. The highest BCUT2D eigenvalue weighted by Crippen LogP contribution is 2.13. The van der Waals surface area contributed by atoms with Crippen molar-refractivity contribution in [1.29, 1.82) is 0 Å². The fraction of sp³-hybridized carbons (Fsp3) is 0.933. The van der Waals surface area contributed by atoms with E-state index < -0.39 is 6.16 Å². The van der Waals surface area contributed by atoms with Crippen LogP contribution >= 0.6 is 0 Å². The summed E-state index contributed by atoms with van der Waals surface area (Å²) in [5.74, 6) is 0. The highest BCUT2D eigenvalue weighted by molar-refractivity contribution is 5.59. The van der Waals surface area contributed by atoms with E-state index in [4.69, 9.17) is 18.9 Å². The van der Waals surface area contributed by atoms with E-state index in [-0.39, 0.29) is 24.0 Å². The van der Waals surface area contributed by atoms with Crippen LogP contribution in [0.25, 0.3) is 0 Å². The SMILES string of the molecule is CC(C)(C)COCCOC(=O)OCCOCC(C)(C)C. The Morgan fingerprint density at radius 1 is 0.700 bits per heavy atom. The summed E-state index contributed by atoms with van der Waals surface area (Å²) in [4.78, 5) is 11.2. The van der Waals surface area contributed by atoms with E-state index in [0.29, 0.717) is 26.4 Å². The normalized spacial score (nSPS) is 12.3. The lowest BCUT2D eigenvalue weighted by atomic mass is 9.99. The van der Waals surface area contributed by atoms with Crippen LogP contribution in [0.5, 0.6) is 0 Å². The summed E-state index contributed by atoms with van der Waals surface area (Å²) in [7, 11) is 0. The maximum atomic E-state index is 11.2. The van der Waals surface area contributed by atoms with Crippen molar-refractivity contribution in [2.24, 2.45) is 10.8 Å². The summed E-state index contributed by atoms with van der Waals surface area (Å²) in [6.45, 7) is 14.9. The average Bonchev–Trinajstić information content (AvgIpc) is 2.25. The zero-order valence-corrected chi connectivity index (χ0v) is 13.8. The lowest BCUT2D eigenvalue weighted by molar-refractivity contribution is -0.00525. The number of rotatable bonds is 8. The van der Waals surface area contributed by atoms with Crippen molar-refractivity contribution in [3.8, 4) is 0 Å². The van der Waals surface area contributed by atoms with E-state index in [1.54, 1.807) is 0 Å². The van der Waals surface area contributed by atoms with Crippen molar-refractivity contribution in [2.75, 3.05) is 39.6 Å². The van der Waals surface area contributed by atoms with Crippen molar-refractivity contribution >= 4 is 6.16 Å². The summed E-state index contributed by atoms with van der Waals surface area (Å²) in [6.07, 6.45) is -0.677. The van der Waals surface area contributed by atoms with Crippen LogP contribution in [-0.4, -0.2) is 45.8 Å². The number of carbonyl (C=O) groups excluding carboxylic acids is 1. The minimum atomic E-state index is -0.677. The number of ether oxygens (including phenoxy) is 4. The molecule has 0 saturated carbocycles. The molecule has 0 unspecified atom stereocenters. The minimum absolute atomic E-state index is 0.116. The van der Waals surface area contributed by atoms with Gasteiger partial charge in [-0.05, 0) is 10.8 Å². The molecule has 5 nitrogen and oxygen atoms in total. The van der Waals surface area contributed by atoms with Gasteiger partial charge >= 0.3 is 6.16 Å². The lowest BCUT2D eigenvalue weighted by Gasteiger charge is -2.18. The van der Waals surface area contributed by atoms with Gasteiger partial charge in [0.2, 0.25) is 0 Å². The third-order valence-corrected chi connectivity index (χ3v) is 1.97. The van der Waals surface area contributed by atoms with E-state index in [0.717, 1.165) is 0 Å². The van der Waals surface area contributed by atoms with E-state index >= 15 is 0 Å². The predicted molar refractivity (Wildman–Crippen MR) is 77.8 cm³/mol. The molecule has 5 heteroatoms. The fourth-order valence-electron chi connectivity index (χ4n) is 1.17. The van der Waals surface area contributed by atoms with Crippen LogP contribution < -0.4 is 0 Å². The van der Waals surface area contributed by atoms with Crippen molar-refractivity contribution in [3.63, 3.8) is 0 Å². The molecule has 0 aromatic rings. The first-order valence-corrected chi connectivity index (χ1v) is 7.05. The van der Waals surface area contributed by atoms with Gasteiger partial charge in [0.05, 0.1) is 26.4 Å². The Bertz CT molecular complexity index is 236. The first kappa shape index (κ1) is 19.2. The van der Waals surface area contributed by atoms with E-state index in [2.05, 4.69) is 41.5 Å². The van der Waals surface area contributed by atoms with Gasteiger partial charge in [0.25, 0.3) is 0 Å². The van der Waals surface area contributed by atoms with Crippen molar-refractivity contribution in [1.82, 2.24) is 0 Å². The van der Waals surface area contributed by atoms with E-state index in [1.807, 2.05) is 0 Å². The third-order valence-electron chi connectivity index (χ3n) is 1.97. The summed E-state index contributed by atoms with van der Waals surface area (Å²) < 4.78 is 20.5.